The van der Waals surface area contributed by atoms with Gasteiger partial charge >= 0.3 is 5.97 Å². The Morgan fingerprint density at radius 3 is 2.58 bits per heavy atom. The number of allylic oxidation sites excluding steroid dienone is 3. The van der Waals surface area contributed by atoms with Gasteiger partial charge in [0.1, 0.15) is 0 Å². The van der Waals surface area contributed by atoms with Crippen LogP contribution in [0.1, 0.15) is 24.8 Å². The predicted octanol–water partition coefficient (Wildman–Crippen LogP) is 5.09. The SMILES string of the molecule is CCOC(=O)C=CC=CC[C@@H](C(=O)Nc1cnc2ccccc2c1)c1ccc(N(C)C)cc1. The first-order valence-electron chi connectivity index (χ1n) is 10.9. The van der Waals surface area contributed by atoms with E-state index >= 15 is 0 Å². The lowest BCUT2D eigenvalue weighted by Crippen LogP contribution is -2.21. The minimum atomic E-state index is -0.403. The molecule has 0 saturated carbocycles. The summed E-state index contributed by atoms with van der Waals surface area (Å²) in [5.74, 6) is -0.914. The van der Waals surface area contributed by atoms with Crippen molar-refractivity contribution in [1.82, 2.24) is 4.98 Å². The molecule has 0 unspecified atom stereocenters. The smallest absolute Gasteiger partial charge is 0.330 e. The zero-order chi connectivity index (χ0) is 23.6. The van der Waals surface area contributed by atoms with E-state index in [0.29, 0.717) is 18.7 Å². The first-order chi connectivity index (χ1) is 16.0. The molecule has 3 rings (SSSR count). The lowest BCUT2D eigenvalue weighted by Gasteiger charge is -2.18. The lowest BCUT2D eigenvalue weighted by molar-refractivity contribution is -0.137. The summed E-state index contributed by atoms with van der Waals surface area (Å²) in [4.78, 5) is 31.1. The summed E-state index contributed by atoms with van der Waals surface area (Å²) in [5, 5.41) is 3.97. The van der Waals surface area contributed by atoms with Crippen molar-refractivity contribution in [2.45, 2.75) is 19.3 Å². The van der Waals surface area contributed by atoms with E-state index in [9.17, 15) is 9.59 Å². The monoisotopic (exact) mass is 443 g/mol. The summed E-state index contributed by atoms with van der Waals surface area (Å²) < 4.78 is 4.87. The highest BCUT2D eigenvalue weighted by Crippen LogP contribution is 2.25. The van der Waals surface area contributed by atoms with Crippen molar-refractivity contribution in [3.8, 4) is 0 Å². The zero-order valence-corrected chi connectivity index (χ0v) is 19.2. The molecule has 0 radical (unpaired) electrons. The van der Waals surface area contributed by atoms with Crippen LogP contribution in [0.2, 0.25) is 0 Å². The number of benzene rings is 2. The van der Waals surface area contributed by atoms with E-state index in [0.717, 1.165) is 22.2 Å². The minimum Gasteiger partial charge on any atom is -0.463 e. The van der Waals surface area contributed by atoms with Crippen LogP contribution in [0.5, 0.6) is 0 Å². The Morgan fingerprint density at radius 1 is 1.09 bits per heavy atom. The number of aromatic nitrogens is 1. The maximum Gasteiger partial charge on any atom is 0.330 e. The van der Waals surface area contributed by atoms with Crippen LogP contribution in [0, 0.1) is 0 Å². The number of carbonyl (C=O) groups excluding carboxylic acids is 2. The highest BCUT2D eigenvalue weighted by molar-refractivity contribution is 5.97. The molecule has 3 aromatic rings. The van der Waals surface area contributed by atoms with Gasteiger partial charge in [0.15, 0.2) is 0 Å². The number of hydrogen-bond donors (Lipinski definition) is 1. The Morgan fingerprint density at radius 2 is 1.85 bits per heavy atom. The van der Waals surface area contributed by atoms with Crippen LogP contribution in [-0.2, 0) is 14.3 Å². The maximum atomic E-state index is 13.2. The predicted molar refractivity (Wildman–Crippen MR) is 133 cm³/mol. The topological polar surface area (TPSA) is 71.5 Å². The van der Waals surface area contributed by atoms with Crippen LogP contribution in [0.4, 0.5) is 11.4 Å². The summed E-state index contributed by atoms with van der Waals surface area (Å²) in [5.41, 5.74) is 3.50. The highest BCUT2D eigenvalue weighted by atomic mass is 16.5. The normalized spacial score (nSPS) is 12.2. The van der Waals surface area contributed by atoms with E-state index in [1.807, 2.05) is 79.7 Å². The van der Waals surface area contributed by atoms with Crippen molar-refractivity contribution in [2.75, 3.05) is 30.9 Å². The van der Waals surface area contributed by atoms with Crippen LogP contribution in [0.3, 0.4) is 0 Å². The second-order valence-corrected chi connectivity index (χ2v) is 7.72. The Balaban J connectivity index is 1.78. The number of para-hydroxylation sites is 1. The Bertz CT molecular complexity index is 1150. The van der Waals surface area contributed by atoms with Crippen molar-refractivity contribution in [3.05, 3.63) is 90.7 Å². The summed E-state index contributed by atoms with van der Waals surface area (Å²) >= 11 is 0. The van der Waals surface area contributed by atoms with Crippen LogP contribution in [0.25, 0.3) is 10.9 Å². The number of anilines is 2. The molecule has 6 nitrogen and oxygen atoms in total. The van der Waals surface area contributed by atoms with Crippen molar-refractivity contribution in [1.29, 1.82) is 0 Å². The molecular weight excluding hydrogens is 414 g/mol. The average Bonchev–Trinajstić information content (AvgIpc) is 2.81. The number of rotatable bonds is 9. The second-order valence-electron chi connectivity index (χ2n) is 7.72. The van der Waals surface area contributed by atoms with E-state index < -0.39 is 5.92 Å². The average molecular weight is 444 g/mol. The van der Waals surface area contributed by atoms with E-state index in [4.69, 9.17) is 4.74 Å². The standard InChI is InChI=1S/C27H29N3O3/c1-4-33-26(31)13-7-5-6-11-24(20-14-16-23(17-15-20)30(2)3)27(32)29-22-18-21-10-8-9-12-25(21)28-19-22/h5-10,12-19,24H,4,11H2,1-3H3,(H,29,32)/t24-/m1/s1. The van der Waals surface area contributed by atoms with Crippen molar-refractivity contribution < 1.29 is 14.3 Å². The quantitative estimate of drug-likeness (QED) is 0.283. The van der Waals surface area contributed by atoms with E-state index in [1.165, 1.54) is 6.08 Å². The molecule has 0 fully saturated rings. The molecule has 1 aromatic heterocycles. The van der Waals surface area contributed by atoms with Gasteiger partial charge in [-0.1, -0.05) is 48.6 Å². The van der Waals surface area contributed by atoms with Crippen LogP contribution in [-0.4, -0.2) is 37.6 Å². The van der Waals surface area contributed by atoms with Gasteiger partial charge < -0.3 is 15.0 Å². The van der Waals surface area contributed by atoms with Gasteiger partial charge in [-0.05, 0) is 43.2 Å². The number of pyridine rings is 1. The van der Waals surface area contributed by atoms with Crippen LogP contribution in [0.15, 0.2) is 85.1 Å². The molecule has 0 aliphatic rings. The molecule has 1 N–H and O–H groups in total. The van der Waals surface area contributed by atoms with Crippen LogP contribution >= 0.6 is 0 Å². The Labute approximate surface area is 194 Å². The van der Waals surface area contributed by atoms with Gasteiger partial charge in [0.25, 0.3) is 0 Å². The molecular formula is C27H29N3O3. The van der Waals surface area contributed by atoms with Crippen molar-refractivity contribution in [2.24, 2.45) is 0 Å². The molecule has 0 aliphatic heterocycles. The van der Waals surface area contributed by atoms with Gasteiger partial charge in [-0.15, -0.1) is 0 Å². The molecule has 0 bridgehead atoms. The fraction of sp³-hybridized carbons (Fsp3) is 0.222. The Hall–Kier alpha value is -3.93. The fourth-order valence-electron chi connectivity index (χ4n) is 3.39. The van der Waals surface area contributed by atoms with Crippen molar-refractivity contribution in [3.63, 3.8) is 0 Å². The van der Waals surface area contributed by atoms with Gasteiger partial charge in [0.2, 0.25) is 5.91 Å². The number of ether oxygens (including phenoxy) is 1. The second kappa shape index (κ2) is 11.6. The summed E-state index contributed by atoms with van der Waals surface area (Å²) in [6, 6.07) is 17.6. The molecule has 0 aliphatic carbocycles. The van der Waals surface area contributed by atoms with E-state index in [-0.39, 0.29) is 11.9 Å². The molecule has 0 spiro atoms. The molecule has 170 valence electrons. The number of fused-ring (bicyclic) bond motifs is 1. The van der Waals surface area contributed by atoms with Gasteiger partial charge in [-0.3, -0.25) is 9.78 Å². The molecule has 2 aromatic carbocycles. The molecule has 6 heteroatoms. The van der Waals surface area contributed by atoms with Crippen molar-refractivity contribution >= 4 is 34.2 Å². The van der Waals surface area contributed by atoms with E-state index in [2.05, 4.69) is 10.3 Å². The number of carbonyl (C=O) groups is 2. The lowest BCUT2D eigenvalue weighted by atomic mass is 9.94. The molecule has 1 heterocycles. The molecule has 1 atom stereocenters. The summed E-state index contributed by atoms with van der Waals surface area (Å²) in [7, 11) is 3.95. The highest BCUT2D eigenvalue weighted by Gasteiger charge is 2.20. The molecule has 1 amide bonds. The zero-order valence-electron chi connectivity index (χ0n) is 19.2. The third-order valence-electron chi connectivity index (χ3n) is 5.12. The number of nitrogens with one attached hydrogen (secondary N) is 1. The first kappa shape index (κ1) is 23.7. The van der Waals surface area contributed by atoms with Gasteiger partial charge in [-0.25, -0.2) is 4.79 Å². The number of amides is 1. The van der Waals surface area contributed by atoms with Gasteiger partial charge in [0, 0.05) is 31.2 Å². The number of hydrogen-bond acceptors (Lipinski definition) is 5. The number of esters is 1. The maximum absolute atomic E-state index is 13.2. The fourth-order valence-corrected chi connectivity index (χ4v) is 3.39. The largest absolute Gasteiger partial charge is 0.463 e. The van der Waals surface area contributed by atoms with Gasteiger partial charge in [-0.2, -0.15) is 0 Å². The third kappa shape index (κ3) is 6.77. The Kier molecular flexibility index (Phi) is 8.36. The third-order valence-corrected chi connectivity index (χ3v) is 5.12. The van der Waals surface area contributed by atoms with Crippen LogP contribution < -0.4 is 10.2 Å². The summed E-state index contributed by atoms with van der Waals surface area (Å²) in [6.07, 6.45) is 8.75. The minimum absolute atomic E-state index is 0.122. The van der Waals surface area contributed by atoms with Gasteiger partial charge in [0.05, 0.1) is 29.9 Å². The molecule has 0 saturated heterocycles. The van der Waals surface area contributed by atoms with E-state index in [1.54, 1.807) is 25.3 Å². The molecule has 33 heavy (non-hydrogen) atoms. The first-order valence-corrected chi connectivity index (χ1v) is 10.9. The number of nitrogens with zero attached hydrogens (tertiary/aromatic N) is 2. The summed E-state index contributed by atoms with van der Waals surface area (Å²) in [6.45, 7) is 2.10.